The van der Waals surface area contributed by atoms with E-state index < -0.39 is 0 Å². The summed E-state index contributed by atoms with van der Waals surface area (Å²) in [6.45, 7) is 3.44. The van der Waals surface area contributed by atoms with E-state index in [0.29, 0.717) is 17.4 Å². The van der Waals surface area contributed by atoms with Gasteiger partial charge in [0.25, 0.3) is 0 Å². The molecule has 1 aliphatic carbocycles. The third-order valence-electron chi connectivity index (χ3n) is 6.02. The van der Waals surface area contributed by atoms with Crippen LogP contribution in [0.1, 0.15) is 23.2 Å². The van der Waals surface area contributed by atoms with Crippen molar-refractivity contribution in [3.05, 3.63) is 54.2 Å². The van der Waals surface area contributed by atoms with Crippen LogP contribution < -0.4 is 0 Å². The molecule has 0 amide bonds. The topological polar surface area (TPSA) is 42.4 Å². The summed E-state index contributed by atoms with van der Waals surface area (Å²) in [5.41, 5.74) is 2.48. The van der Waals surface area contributed by atoms with Crippen LogP contribution in [0, 0.1) is 17.8 Å². The summed E-state index contributed by atoms with van der Waals surface area (Å²) < 4.78 is 5.95. The number of nitrogens with zero attached hydrogens (tertiary/aromatic N) is 2. The fourth-order valence-electron chi connectivity index (χ4n) is 5.04. The Balaban J connectivity index is 1.30. The van der Waals surface area contributed by atoms with Gasteiger partial charge in [-0.2, -0.15) is 0 Å². The molecule has 4 bridgehead atoms. The van der Waals surface area contributed by atoms with Gasteiger partial charge in [-0.25, -0.2) is 4.79 Å². The molecule has 25 heavy (non-hydrogen) atoms. The van der Waals surface area contributed by atoms with E-state index in [2.05, 4.69) is 9.88 Å². The lowest BCUT2D eigenvalue weighted by molar-refractivity contribution is -0.116. The Morgan fingerprint density at radius 1 is 1.00 bits per heavy atom. The minimum absolute atomic E-state index is 0.0918. The highest BCUT2D eigenvalue weighted by Gasteiger charge is 2.49. The van der Waals surface area contributed by atoms with Gasteiger partial charge in [-0.1, -0.05) is 30.3 Å². The minimum atomic E-state index is -0.223. The Morgan fingerprint density at radius 3 is 2.40 bits per heavy atom. The standard InChI is InChI=1S/C21H22N2O2/c24-21(16-6-7-19(22-10-16)15-4-2-1-3-5-15)25-20-17-8-14-9-18(20)13-23(11-14)12-17/h1-7,10,14,17-18,20H,8-9,11-13H2. The van der Waals surface area contributed by atoms with Crippen LogP contribution in [-0.4, -0.2) is 41.6 Å². The summed E-state index contributed by atoms with van der Waals surface area (Å²) in [7, 11) is 0. The largest absolute Gasteiger partial charge is 0.458 e. The smallest absolute Gasteiger partial charge is 0.339 e. The fourth-order valence-corrected chi connectivity index (χ4v) is 5.04. The van der Waals surface area contributed by atoms with Crippen molar-refractivity contribution in [3.63, 3.8) is 0 Å². The highest BCUT2D eigenvalue weighted by atomic mass is 16.5. The fraction of sp³-hybridized carbons (Fsp3) is 0.429. The molecule has 2 atom stereocenters. The van der Waals surface area contributed by atoms with Gasteiger partial charge in [0.2, 0.25) is 0 Å². The normalized spacial score (nSPS) is 32.6. The molecule has 3 saturated heterocycles. The van der Waals surface area contributed by atoms with Gasteiger partial charge < -0.3 is 9.64 Å². The lowest BCUT2D eigenvalue weighted by atomic mass is 9.66. The van der Waals surface area contributed by atoms with Gasteiger partial charge in [0, 0.05) is 43.2 Å². The average Bonchev–Trinajstić information content (AvgIpc) is 2.65. The Morgan fingerprint density at radius 2 is 1.76 bits per heavy atom. The number of esters is 1. The van der Waals surface area contributed by atoms with Crippen molar-refractivity contribution >= 4 is 5.97 Å². The Hall–Kier alpha value is -2.20. The number of carbonyl (C=O) groups excluding carboxylic acids is 1. The molecular weight excluding hydrogens is 312 g/mol. The predicted octanol–water partition coefficient (Wildman–Crippen LogP) is 3.25. The quantitative estimate of drug-likeness (QED) is 0.808. The minimum Gasteiger partial charge on any atom is -0.458 e. The number of hydrogen-bond acceptors (Lipinski definition) is 4. The summed E-state index contributed by atoms with van der Waals surface area (Å²) in [6, 6.07) is 13.7. The van der Waals surface area contributed by atoms with Crippen LogP contribution in [0.25, 0.3) is 11.3 Å². The summed E-state index contributed by atoms with van der Waals surface area (Å²) in [6.07, 6.45) is 4.17. The van der Waals surface area contributed by atoms with Crippen molar-refractivity contribution in [3.8, 4) is 11.3 Å². The lowest BCUT2D eigenvalue weighted by Crippen LogP contribution is -2.60. The number of aromatic nitrogens is 1. The molecule has 128 valence electrons. The van der Waals surface area contributed by atoms with Crippen LogP contribution in [0.5, 0.6) is 0 Å². The van der Waals surface area contributed by atoms with Crippen molar-refractivity contribution < 1.29 is 9.53 Å². The van der Waals surface area contributed by atoms with Crippen LogP contribution in [0.3, 0.4) is 0 Å². The molecule has 0 N–H and O–H groups in total. The third kappa shape index (κ3) is 2.74. The number of piperidine rings is 3. The second kappa shape index (κ2) is 5.95. The maximum absolute atomic E-state index is 12.6. The first kappa shape index (κ1) is 15.1. The molecule has 4 heteroatoms. The molecule has 6 rings (SSSR count). The Kier molecular flexibility index (Phi) is 3.59. The van der Waals surface area contributed by atoms with E-state index in [4.69, 9.17) is 4.74 Å². The first-order valence-electron chi connectivity index (χ1n) is 9.21. The molecule has 4 aliphatic rings. The van der Waals surface area contributed by atoms with Gasteiger partial charge in [0.15, 0.2) is 0 Å². The van der Waals surface area contributed by atoms with E-state index in [1.54, 1.807) is 6.20 Å². The van der Waals surface area contributed by atoms with E-state index in [9.17, 15) is 4.79 Å². The molecule has 0 radical (unpaired) electrons. The van der Waals surface area contributed by atoms with Gasteiger partial charge in [-0.05, 0) is 30.9 Å². The molecule has 1 aromatic heterocycles. The second-order valence-electron chi connectivity index (χ2n) is 7.74. The predicted molar refractivity (Wildman–Crippen MR) is 95.0 cm³/mol. The maximum Gasteiger partial charge on any atom is 0.339 e. The van der Waals surface area contributed by atoms with Crippen molar-refractivity contribution in [2.45, 2.75) is 18.9 Å². The summed E-state index contributed by atoms with van der Waals surface area (Å²) in [4.78, 5) is 19.6. The SMILES string of the molecule is O=C(OC1C2CC3CC1CN(C3)C2)c1ccc(-c2ccccc2)nc1. The first-order chi connectivity index (χ1) is 12.3. The van der Waals surface area contributed by atoms with Gasteiger partial charge in [-0.3, -0.25) is 4.98 Å². The Labute approximate surface area is 147 Å². The zero-order valence-electron chi connectivity index (χ0n) is 14.2. The van der Waals surface area contributed by atoms with Crippen LogP contribution in [0.4, 0.5) is 0 Å². The molecule has 2 unspecified atom stereocenters. The molecule has 4 heterocycles. The monoisotopic (exact) mass is 334 g/mol. The van der Waals surface area contributed by atoms with Gasteiger partial charge in [0.1, 0.15) is 6.10 Å². The van der Waals surface area contributed by atoms with Crippen molar-refractivity contribution in [2.75, 3.05) is 19.6 Å². The molecule has 3 aliphatic heterocycles. The van der Waals surface area contributed by atoms with Gasteiger partial charge >= 0.3 is 5.97 Å². The van der Waals surface area contributed by atoms with E-state index in [-0.39, 0.29) is 12.1 Å². The molecule has 4 fully saturated rings. The Bertz CT molecular complexity index is 744. The van der Waals surface area contributed by atoms with Crippen molar-refractivity contribution in [1.29, 1.82) is 0 Å². The van der Waals surface area contributed by atoms with Crippen LogP contribution in [0.2, 0.25) is 0 Å². The summed E-state index contributed by atoms with van der Waals surface area (Å²) >= 11 is 0. The van der Waals surface area contributed by atoms with E-state index >= 15 is 0 Å². The number of ether oxygens (including phenoxy) is 1. The van der Waals surface area contributed by atoms with E-state index in [1.165, 1.54) is 19.4 Å². The zero-order chi connectivity index (χ0) is 16.8. The molecule has 0 spiro atoms. The maximum atomic E-state index is 12.6. The first-order valence-corrected chi connectivity index (χ1v) is 9.21. The third-order valence-corrected chi connectivity index (χ3v) is 6.02. The van der Waals surface area contributed by atoms with E-state index in [1.807, 2.05) is 42.5 Å². The molecule has 2 aromatic rings. The van der Waals surface area contributed by atoms with E-state index in [0.717, 1.165) is 30.3 Å². The van der Waals surface area contributed by atoms with Crippen LogP contribution in [-0.2, 0) is 4.74 Å². The number of rotatable bonds is 3. The van der Waals surface area contributed by atoms with Gasteiger partial charge in [-0.15, -0.1) is 0 Å². The van der Waals surface area contributed by atoms with Crippen LogP contribution >= 0.6 is 0 Å². The highest BCUT2D eigenvalue weighted by Crippen LogP contribution is 2.44. The number of hydrogen-bond donors (Lipinski definition) is 0. The molecule has 1 aromatic carbocycles. The van der Waals surface area contributed by atoms with Crippen molar-refractivity contribution in [2.24, 2.45) is 17.8 Å². The summed E-state index contributed by atoms with van der Waals surface area (Å²) in [5.74, 6) is 1.64. The average molecular weight is 334 g/mol. The lowest BCUT2D eigenvalue weighted by Gasteiger charge is -2.55. The molecule has 1 saturated carbocycles. The number of pyridine rings is 1. The number of carbonyl (C=O) groups is 1. The zero-order valence-corrected chi connectivity index (χ0v) is 14.2. The summed E-state index contributed by atoms with van der Waals surface area (Å²) in [5, 5.41) is 0. The molecule has 4 nitrogen and oxygen atoms in total. The van der Waals surface area contributed by atoms with Crippen LogP contribution in [0.15, 0.2) is 48.7 Å². The number of benzene rings is 1. The second-order valence-corrected chi connectivity index (χ2v) is 7.74. The van der Waals surface area contributed by atoms with Gasteiger partial charge in [0.05, 0.1) is 11.3 Å². The van der Waals surface area contributed by atoms with Crippen molar-refractivity contribution in [1.82, 2.24) is 9.88 Å². The highest BCUT2D eigenvalue weighted by molar-refractivity contribution is 5.89. The molecular formula is C21H22N2O2.